The molecule has 190 valence electrons. The Labute approximate surface area is 207 Å². The lowest BCUT2D eigenvalue weighted by Gasteiger charge is -2.21. The minimum Gasteiger partial charge on any atom is -0.480 e. The van der Waals surface area contributed by atoms with Gasteiger partial charge in [-0.25, -0.2) is 9.59 Å². The number of nitrogens with two attached hydrogens (primary N) is 2. The smallest absolute Gasteiger partial charge is 0.408 e. The van der Waals surface area contributed by atoms with E-state index < -0.39 is 30.1 Å². The number of guanidine groups is 1. The summed E-state index contributed by atoms with van der Waals surface area (Å²) in [7, 11) is 0. The number of hydrogen-bond acceptors (Lipinski definition) is 5. The average molecular weight is 495 g/mol. The van der Waals surface area contributed by atoms with E-state index >= 15 is 0 Å². The van der Waals surface area contributed by atoms with Gasteiger partial charge in [0, 0.05) is 30.1 Å². The number of para-hydroxylation sites is 1. The number of nitrogens with zero attached hydrogens (tertiary/aromatic N) is 1. The fraction of sp³-hybridized carbons (Fsp3) is 0.280. The Morgan fingerprint density at radius 1 is 1.00 bits per heavy atom. The van der Waals surface area contributed by atoms with Gasteiger partial charge in [0.1, 0.15) is 18.7 Å². The zero-order valence-corrected chi connectivity index (χ0v) is 19.6. The van der Waals surface area contributed by atoms with E-state index in [1.807, 2.05) is 54.6 Å². The first kappa shape index (κ1) is 26.1. The van der Waals surface area contributed by atoms with Gasteiger partial charge < -0.3 is 36.9 Å². The van der Waals surface area contributed by atoms with Crippen LogP contribution in [0.5, 0.6) is 0 Å². The summed E-state index contributed by atoms with van der Waals surface area (Å²) < 4.78 is 5.28. The van der Waals surface area contributed by atoms with E-state index in [1.54, 1.807) is 6.20 Å². The lowest BCUT2D eigenvalue weighted by molar-refractivity contribution is -0.142. The third kappa shape index (κ3) is 7.76. The van der Waals surface area contributed by atoms with Crippen molar-refractivity contribution in [1.29, 1.82) is 0 Å². The second-order valence-corrected chi connectivity index (χ2v) is 8.17. The van der Waals surface area contributed by atoms with E-state index in [2.05, 4.69) is 20.6 Å². The maximum Gasteiger partial charge on any atom is 0.408 e. The highest BCUT2D eigenvalue weighted by Gasteiger charge is 2.28. The van der Waals surface area contributed by atoms with Crippen molar-refractivity contribution >= 4 is 34.8 Å². The van der Waals surface area contributed by atoms with Crippen LogP contribution in [0.2, 0.25) is 0 Å². The molecule has 0 fully saturated rings. The van der Waals surface area contributed by atoms with Gasteiger partial charge in [0.25, 0.3) is 0 Å². The second kappa shape index (κ2) is 12.8. The SMILES string of the molecule is NC(N)=NCCC[C@H](NC(=O)[C@H](Cc1c[nH]c2ccccc12)NC(=O)OCc1ccccc1)C(=O)O. The van der Waals surface area contributed by atoms with Crippen molar-refractivity contribution in [3.05, 3.63) is 71.9 Å². The molecule has 0 saturated heterocycles. The molecule has 1 aromatic heterocycles. The number of fused-ring (bicyclic) bond motifs is 1. The Balaban J connectivity index is 1.71. The van der Waals surface area contributed by atoms with Gasteiger partial charge in [-0.2, -0.15) is 0 Å². The van der Waals surface area contributed by atoms with Crippen LogP contribution < -0.4 is 22.1 Å². The van der Waals surface area contributed by atoms with Crippen molar-refractivity contribution < 1.29 is 24.2 Å². The molecule has 0 aliphatic rings. The Kier molecular flexibility index (Phi) is 9.26. The van der Waals surface area contributed by atoms with Gasteiger partial charge in [0.15, 0.2) is 5.96 Å². The molecule has 0 saturated carbocycles. The van der Waals surface area contributed by atoms with Gasteiger partial charge in [0.05, 0.1) is 0 Å². The molecule has 1 heterocycles. The monoisotopic (exact) mass is 494 g/mol. The third-order valence-electron chi connectivity index (χ3n) is 5.48. The highest BCUT2D eigenvalue weighted by atomic mass is 16.5. The second-order valence-electron chi connectivity index (χ2n) is 8.17. The first-order valence-corrected chi connectivity index (χ1v) is 11.4. The molecule has 0 radical (unpaired) electrons. The van der Waals surface area contributed by atoms with Crippen molar-refractivity contribution in [3.63, 3.8) is 0 Å². The van der Waals surface area contributed by atoms with Gasteiger partial charge in [-0.1, -0.05) is 48.5 Å². The first-order chi connectivity index (χ1) is 17.3. The predicted octanol–water partition coefficient (Wildman–Crippen LogP) is 1.63. The van der Waals surface area contributed by atoms with Crippen LogP contribution in [0.15, 0.2) is 65.8 Å². The Morgan fingerprint density at radius 2 is 1.72 bits per heavy atom. The number of aliphatic carboxylic acids is 1. The number of aromatic nitrogens is 1. The molecular weight excluding hydrogens is 464 g/mol. The molecule has 2 atom stereocenters. The van der Waals surface area contributed by atoms with E-state index in [0.29, 0.717) is 6.42 Å². The number of nitrogens with one attached hydrogen (secondary N) is 3. The summed E-state index contributed by atoms with van der Waals surface area (Å²) in [6.07, 6.45) is 1.53. The summed E-state index contributed by atoms with van der Waals surface area (Å²) in [5.74, 6) is -1.94. The van der Waals surface area contributed by atoms with Crippen molar-refractivity contribution in [2.45, 2.75) is 38.0 Å². The van der Waals surface area contributed by atoms with Crippen LogP contribution in [0.25, 0.3) is 10.9 Å². The van der Waals surface area contributed by atoms with Crippen LogP contribution in [0.1, 0.15) is 24.0 Å². The van der Waals surface area contributed by atoms with Crippen molar-refractivity contribution in [1.82, 2.24) is 15.6 Å². The molecule has 11 heteroatoms. The van der Waals surface area contributed by atoms with Gasteiger partial charge in [-0.15, -0.1) is 0 Å². The number of carboxylic acids is 1. The zero-order valence-electron chi connectivity index (χ0n) is 19.6. The fourth-order valence-electron chi connectivity index (χ4n) is 3.67. The molecule has 2 aromatic carbocycles. The molecule has 2 amide bonds. The molecule has 3 rings (SSSR count). The van der Waals surface area contributed by atoms with Crippen LogP contribution in [-0.4, -0.2) is 52.6 Å². The minimum absolute atomic E-state index is 0.0244. The molecular formula is C25H30N6O5. The number of ether oxygens (including phenoxy) is 1. The fourth-order valence-corrected chi connectivity index (χ4v) is 3.67. The normalized spacial score (nSPS) is 12.3. The largest absolute Gasteiger partial charge is 0.480 e. The number of aromatic amines is 1. The summed E-state index contributed by atoms with van der Waals surface area (Å²) in [5.41, 5.74) is 13.0. The van der Waals surface area contributed by atoms with Gasteiger partial charge >= 0.3 is 12.1 Å². The third-order valence-corrected chi connectivity index (χ3v) is 5.48. The van der Waals surface area contributed by atoms with Crippen LogP contribution in [0.4, 0.5) is 4.79 Å². The van der Waals surface area contributed by atoms with E-state index in [0.717, 1.165) is 22.0 Å². The molecule has 0 aliphatic carbocycles. The standard InChI is InChI=1S/C25H30N6O5/c26-24(27)28-12-6-11-20(23(33)34)30-22(32)21(13-17-14-29-19-10-5-4-9-18(17)19)31-25(35)36-15-16-7-2-1-3-8-16/h1-5,7-10,14,20-21,29H,6,11-13,15H2,(H,30,32)(H,31,35)(H,33,34)(H4,26,27,28)/t20-,21-/m0/s1. The topological polar surface area (TPSA) is 185 Å². The quantitative estimate of drug-likeness (QED) is 0.125. The van der Waals surface area contributed by atoms with E-state index in [4.69, 9.17) is 16.2 Å². The highest BCUT2D eigenvalue weighted by Crippen LogP contribution is 2.19. The van der Waals surface area contributed by atoms with Crippen LogP contribution in [0, 0.1) is 0 Å². The van der Waals surface area contributed by atoms with Gasteiger partial charge in [-0.3, -0.25) is 9.79 Å². The zero-order chi connectivity index (χ0) is 25.9. The number of carboxylic acid groups (broad SMARTS) is 1. The summed E-state index contributed by atoms with van der Waals surface area (Å²) in [4.78, 5) is 44.4. The molecule has 36 heavy (non-hydrogen) atoms. The number of H-pyrrole nitrogens is 1. The number of carbonyl (C=O) groups excluding carboxylic acids is 2. The van der Waals surface area contributed by atoms with Crippen molar-refractivity contribution in [2.24, 2.45) is 16.5 Å². The van der Waals surface area contributed by atoms with Crippen LogP contribution >= 0.6 is 0 Å². The highest BCUT2D eigenvalue weighted by molar-refractivity contribution is 5.90. The molecule has 0 spiro atoms. The number of hydrogen-bond donors (Lipinski definition) is 6. The van der Waals surface area contributed by atoms with Crippen molar-refractivity contribution in [2.75, 3.05) is 6.54 Å². The summed E-state index contributed by atoms with van der Waals surface area (Å²) in [6, 6.07) is 14.4. The number of alkyl carbamates (subject to hydrolysis) is 1. The number of amides is 2. The van der Waals surface area contributed by atoms with Gasteiger partial charge in [0.2, 0.25) is 5.91 Å². The molecule has 0 bridgehead atoms. The molecule has 11 nitrogen and oxygen atoms in total. The molecule has 0 aliphatic heterocycles. The molecule has 3 aromatic rings. The first-order valence-electron chi connectivity index (χ1n) is 11.4. The predicted molar refractivity (Wildman–Crippen MR) is 135 cm³/mol. The Bertz CT molecular complexity index is 1210. The Hall–Kier alpha value is -4.54. The van der Waals surface area contributed by atoms with E-state index in [9.17, 15) is 19.5 Å². The number of carbonyl (C=O) groups is 3. The van der Waals surface area contributed by atoms with E-state index in [-0.39, 0.29) is 32.0 Å². The lowest BCUT2D eigenvalue weighted by Crippen LogP contribution is -2.52. The average Bonchev–Trinajstić information content (AvgIpc) is 3.27. The number of rotatable bonds is 12. The van der Waals surface area contributed by atoms with Crippen molar-refractivity contribution in [3.8, 4) is 0 Å². The van der Waals surface area contributed by atoms with Gasteiger partial charge in [-0.05, 0) is 30.0 Å². The Morgan fingerprint density at radius 3 is 2.44 bits per heavy atom. The summed E-state index contributed by atoms with van der Waals surface area (Å²) >= 11 is 0. The summed E-state index contributed by atoms with van der Waals surface area (Å²) in [6.45, 7) is 0.251. The number of benzene rings is 2. The molecule has 8 N–H and O–H groups in total. The lowest BCUT2D eigenvalue weighted by atomic mass is 10.0. The van der Waals surface area contributed by atoms with Crippen LogP contribution in [-0.2, 0) is 27.4 Å². The maximum atomic E-state index is 13.1. The maximum absolute atomic E-state index is 13.1. The minimum atomic E-state index is -1.20. The summed E-state index contributed by atoms with van der Waals surface area (Å²) in [5, 5.41) is 15.6. The van der Waals surface area contributed by atoms with E-state index in [1.165, 1.54) is 0 Å². The molecule has 0 unspecified atom stereocenters. The van der Waals surface area contributed by atoms with Crippen LogP contribution in [0.3, 0.4) is 0 Å². The number of aliphatic imine (C=N–C) groups is 1.